The van der Waals surface area contributed by atoms with Crippen molar-refractivity contribution in [2.45, 2.75) is 13.3 Å². The second-order valence-electron chi connectivity index (χ2n) is 4.60. The average Bonchev–Trinajstić information content (AvgIpc) is 2.78. The topological polar surface area (TPSA) is 43.3 Å². The summed E-state index contributed by atoms with van der Waals surface area (Å²) in [5.74, 6) is 0.606. The number of aryl methyl sites for hydroxylation is 1. The van der Waals surface area contributed by atoms with Crippen molar-refractivity contribution in [1.29, 1.82) is 0 Å². The number of fused-ring (bicyclic) bond motifs is 1. The number of hydrogen-bond donors (Lipinski definition) is 1. The quantitative estimate of drug-likeness (QED) is 0.760. The summed E-state index contributed by atoms with van der Waals surface area (Å²) >= 11 is 12.3. The fourth-order valence-electron chi connectivity index (χ4n) is 2.32. The molecule has 2 heterocycles. The molecule has 0 saturated carbocycles. The van der Waals surface area contributed by atoms with Crippen molar-refractivity contribution in [3.05, 3.63) is 52.3 Å². The summed E-state index contributed by atoms with van der Waals surface area (Å²) in [5.41, 5.74) is 9.93. The van der Waals surface area contributed by atoms with Crippen molar-refractivity contribution in [2.24, 2.45) is 0 Å². The van der Waals surface area contributed by atoms with Crippen molar-refractivity contribution in [3.63, 3.8) is 0 Å². The molecule has 0 aliphatic rings. The molecular formula is C15H13Cl2N3. The van der Waals surface area contributed by atoms with Crippen LogP contribution in [0.5, 0.6) is 0 Å². The largest absolute Gasteiger partial charge is 0.383 e. The van der Waals surface area contributed by atoms with Crippen LogP contribution in [0.25, 0.3) is 16.8 Å². The standard InChI is InChI=1S/C15H13Cl2N3/c1-2-9-5-15-19-7-14(18)20(15)8-12(9)11-4-3-10(16)6-13(11)17/h3-8H,2,18H2,1H3. The molecule has 0 fully saturated rings. The summed E-state index contributed by atoms with van der Waals surface area (Å²) < 4.78 is 1.86. The van der Waals surface area contributed by atoms with Crippen LogP contribution in [-0.4, -0.2) is 9.38 Å². The molecule has 0 bridgehead atoms. The summed E-state index contributed by atoms with van der Waals surface area (Å²) in [4.78, 5) is 4.28. The van der Waals surface area contributed by atoms with Gasteiger partial charge in [0.1, 0.15) is 11.5 Å². The first-order chi connectivity index (χ1) is 9.60. The maximum Gasteiger partial charge on any atom is 0.138 e. The van der Waals surface area contributed by atoms with Gasteiger partial charge in [-0.25, -0.2) is 4.98 Å². The number of hydrogen-bond acceptors (Lipinski definition) is 2. The number of aromatic nitrogens is 2. The monoisotopic (exact) mass is 305 g/mol. The Balaban J connectivity index is 2.30. The van der Waals surface area contributed by atoms with Crippen LogP contribution in [-0.2, 0) is 6.42 Å². The Morgan fingerprint density at radius 3 is 2.70 bits per heavy atom. The number of imidazole rings is 1. The molecule has 3 rings (SSSR count). The molecule has 0 atom stereocenters. The molecule has 0 saturated heterocycles. The van der Waals surface area contributed by atoms with E-state index in [0.717, 1.165) is 23.2 Å². The predicted molar refractivity (Wildman–Crippen MR) is 84.4 cm³/mol. The first kappa shape index (κ1) is 13.3. The van der Waals surface area contributed by atoms with Crippen LogP contribution >= 0.6 is 23.2 Å². The first-order valence-corrected chi connectivity index (χ1v) is 7.06. The molecule has 2 aromatic heterocycles. The van der Waals surface area contributed by atoms with E-state index in [-0.39, 0.29) is 0 Å². The lowest BCUT2D eigenvalue weighted by Crippen LogP contribution is -1.97. The van der Waals surface area contributed by atoms with E-state index in [1.165, 1.54) is 5.56 Å². The van der Waals surface area contributed by atoms with E-state index in [2.05, 4.69) is 11.9 Å². The van der Waals surface area contributed by atoms with E-state index in [4.69, 9.17) is 28.9 Å². The van der Waals surface area contributed by atoms with E-state index >= 15 is 0 Å². The van der Waals surface area contributed by atoms with Crippen LogP contribution in [0.3, 0.4) is 0 Å². The molecule has 1 aromatic carbocycles. The molecule has 102 valence electrons. The van der Waals surface area contributed by atoms with E-state index in [1.54, 1.807) is 12.3 Å². The van der Waals surface area contributed by atoms with Gasteiger partial charge < -0.3 is 5.73 Å². The molecule has 0 spiro atoms. The van der Waals surface area contributed by atoms with Crippen molar-refractivity contribution in [1.82, 2.24) is 9.38 Å². The zero-order chi connectivity index (χ0) is 14.3. The average molecular weight is 306 g/mol. The fourth-order valence-corrected chi connectivity index (χ4v) is 2.84. The van der Waals surface area contributed by atoms with Gasteiger partial charge in [0.2, 0.25) is 0 Å². The zero-order valence-electron chi connectivity index (χ0n) is 10.9. The Hall–Kier alpha value is -1.71. The molecule has 0 aliphatic heterocycles. The molecule has 20 heavy (non-hydrogen) atoms. The number of pyridine rings is 1. The number of anilines is 1. The minimum atomic E-state index is 0.606. The second-order valence-corrected chi connectivity index (χ2v) is 5.44. The van der Waals surface area contributed by atoms with Gasteiger partial charge in [0.05, 0.1) is 6.20 Å². The summed E-state index contributed by atoms with van der Waals surface area (Å²) in [6.07, 6.45) is 4.52. The van der Waals surface area contributed by atoms with Gasteiger partial charge in [-0.3, -0.25) is 4.40 Å². The predicted octanol–water partition coefficient (Wildman–Crippen LogP) is 4.45. The third-order valence-electron chi connectivity index (χ3n) is 3.36. The highest BCUT2D eigenvalue weighted by Gasteiger charge is 2.11. The van der Waals surface area contributed by atoms with Crippen LogP contribution in [0.1, 0.15) is 12.5 Å². The van der Waals surface area contributed by atoms with Crippen molar-refractivity contribution in [2.75, 3.05) is 5.73 Å². The van der Waals surface area contributed by atoms with Gasteiger partial charge in [0, 0.05) is 27.4 Å². The lowest BCUT2D eigenvalue weighted by Gasteiger charge is -2.11. The van der Waals surface area contributed by atoms with Gasteiger partial charge in [-0.2, -0.15) is 0 Å². The van der Waals surface area contributed by atoms with Gasteiger partial charge in [-0.15, -0.1) is 0 Å². The molecule has 2 N–H and O–H groups in total. The SMILES string of the molecule is CCc1cc2ncc(N)n2cc1-c1ccc(Cl)cc1Cl. The van der Waals surface area contributed by atoms with E-state index in [0.29, 0.717) is 15.9 Å². The number of nitrogen functional groups attached to an aromatic ring is 1. The summed E-state index contributed by atoms with van der Waals surface area (Å²) in [6, 6.07) is 7.55. The van der Waals surface area contributed by atoms with Gasteiger partial charge >= 0.3 is 0 Å². The molecule has 0 amide bonds. The minimum absolute atomic E-state index is 0.606. The molecule has 3 aromatic rings. The Labute approximate surface area is 127 Å². The highest BCUT2D eigenvalue weighted by molar-refractivity contribution is 6.36. The van der Waals surface area contributed by atoms with Crippen LogP contribution in [0.2, 0.25) is 10.0 Å². The molecule has 3 nitrogen and oxygen atoms in total. The van der Waals surface area contributed by atoms with Crippen LogP contribution in [0.15, 0.2) is 36.7 Å². The first-order valence-electron chi connectivity index (χ1n) is 6.31. The van der Waals surface area contributed by atoms with Crippen LogP contribution in [0.4, 0.5) is 5.82 Å². The number of nitrogens with zero attached hydrogens (tertiary/aromatic N) is 2. The highest BCUT2D eigenvalue weighted by Crippen LogP contribution is 2.33. The van der Waals surface area contributed by atoms with Gasteiger partial charge in [0.25, 0.3) is 0 Å². The van der Waals surface area contributed by atoms with Gasteiger partial charge in [-0.1, -0.05) is 36.2 Å². The fraction of sp³-hybridized carbons (Fsp3) is 0.133. The maximum atomic E-state index is 6.32. The molecule has 0 unspecified atom stereocenters. The Morgan fingerprint density at radius 1 is 1.20 bits per heavy atom. The van der Waals surface area contributed by atoms with E-state index in [9.17, 15) is 0 Å². The van der Waals surface area contributed by atoms with E-state index < -0.39 is 0 Å². The van der Waals surface area contributed by atoms with Crippen LogP contribution < -0.4 is 5.73 Å². The third kappa shape index (κ3) is 2.13. The highest BCUT2D eigenvalue weighted by atomic mass is 35.5. The minimum Gasteiger partial charge on any atom is -0.383 e. The Bertz CT molecular complexity index is 793. The second kappa shape index (κ2) is 5.00. The van der Waals surface area contributed by atoms with Gasteiger partial charge in [0.15, 0.2) is 0 Å². The normalized spacial score (nSPS) is 11.2. The number of benzene rings is 1. The summed E-state index contributed by atoms with van der Waals surface area (Å²) in [5, 5.41) is 1.25. The van der Waals surface area contributed by atoms with Crippen molar-refractivity contribution >= 4 is 34.7 Å². The maximum absolute atomic E-state index is 6.32. The Morgan fingerprint density at radius 2 is 2.00 bits per heavy atom. The zero-order valence-corrected chi connectivity index (χ0v) is 12.4. The number of nitrogens with two attached hydrogens (primary N) is 1. The van der Waals surface area contributed by atoms with Crippen molar-refractivity contribution in [3.8, 4) is 11.1 Å². The lowest BCUT2D eigenvalue weighted by molar-refractivity contribution is 1.10. The summed E-state index contributed by atoms with van der Waals surface area (Å²) in [7, 11) is 0. The number of rotatable bonds is 2. The Kier molecular flexibility index (Phi) is 3.32. The summed E-state index contributed by atoms with van der Waals surface area (Å²) in [6.45, 7) is 2.10. The molecular weight excluding hydrogens is 293 g/mol. The molecule has 0 radical (unpaired) electrons. The van der Waals surface area contributed by atoms with Crippen molar-refractivity contribution < 1.29 is 0 Å². The third-order valence-corrected chi connectivity index (χ3v) is 3.91. The van der Waals surface area contributed by atoms with Crippen LogP contribution in [0, 0.1) is 0 Å². The van der Waals surface area contributed by atoms with Gasteiger partial charge in [-0.05, 0) is 30.2 Å². The number of halogens is 2. The smallest absolute Gasteiger partial charge is 0.138 e. The van der Waals surface area contributed by atoms with E-state index in [1.807, 2.05) is 28.8 Å². The lowest BCUT2D eigenvalue weighted by atomic mass is 10.0. The molecule has 0 aliphatic carbocycles. The molecule has 5 heteroatoms.